The van der Waals surface area contributed by atoms with Crippen molar-refractivity contribution in [2.24, 2.45) is 0 Å². The Morgan fingerprint density at radius 3 is 2.42 bits per heavy atom. The first kappa shape index (κ1) is 13.3. The molecule has 0 aliphatic heterocycles. The van der Waals surface area contributed by atoms with E-state index >= 15 is 0 Å². The van der Waals surface area contributed by atoms with Crippen molar-refractivity contribution in [2.75, 3.05) is 11.9 Å². The van der Waals surface area contributed by atoms with Crippen LogP contribution in [0.15, 0.2) is 48.5 Å². The van der Waals surface area contributed by atoms with Crippen LogP contribution in [0.5, 0.6) is 0 Å². The molecule has 0 amide bonds. The molecule has 0 spiro atoms. The molecule has 0 aromatic heterocycles. The lowest BCUT2D eigenvalue weighted by Crippen LogP contribution is -2.14. The summed E-state index contributed by atoms with van der Waals surface area (Å²) >= 11 is 0. The van der Waals surface area contributed by atoms with Crippen molar-refractivity contribution in [3.63, 3.8) is 0 Å². The number of hydrogen-bond donors (Lipinski definition) is 1. The minimum Gasteiger partial charge on any atom is -0.377 e. The number of nitrogens with one attached hydrogen (secondary N) is 1. The molecule has 2 nitrogen and oxygen atoms in total. The van der Waals surface area contributed by atoms with Crippen molar-refractivity contribution in [1.82, 2.24) is 0 Å². The van der Waals surface area contributed by atoms with Crippen LogP contribution in [0.4, 0.5) is 5.69 Å². The fraction of sp³-hybridized carbons (Fsp3) is 0.235. The number of ketones is 1. The predicted molar refractivity (Wildman–Crippen MR) is 79.8 cm³/mol. The molecule has 2 aromatic carbocycles. The van der Waals surface area contributed by atoms with Crippen molar-refractivity contribution < 1.29 is 4.79 Å². The van der Waals surface area contributed by atoms with E-state index in [2.05, 4.69) is 18.3 Å². The van der Waals surface area contributed by atoms with Gasteiger partial charge in [-0.2, -0.15) is 0 Å². The number of rotatable bonds is 5. The van der Waals surface area contributed by atoms with E-state index in [-0.39, 0.29) is 5.78 Å². The van der Waals surface area contributed by atoms with Gasteiger partial charge in [0.05, 0.1) is 6.54 Å². The Hall–Kier alpha value is -2.09. The summed E-state index contributed by atoms with van der Waals surface area (Å²) in [5.74, 6) is 0.117. The number of carbonyl (C=O) groups is 1. The fourth-order valence-corrected chi connectivity index (χ4v) is 2.02. The minimum atomic E-state index is 0.117. The summed E-state index contributed by atoms with van der Waals surface area (Å²) in [7, 11) is 0. The van der Waals surface area contributed by atoms with Crippen LogP contribution in [-0.2, 0) is 6.42 Å². The molecule has 1 N–H and O–H groups in total. The Morgan fingerprint density at radius 2 is 1.74 bits per heavy atom. The lowest BCUT2D eigenvalue weighted by atomic mass is 10.1. The molecule has 0 aliphatic carbocycles. The molecule has 0 atom stereocenters. The third kappa shape index (κ3) is 3.44. The van der Waals surface area contributed by atoms with Crippen molar-refractivity contribution >= 4 is 11.5 Å². The molecule has 0 radical (unpaired) electrons. The number of hydrogen-bond acceptors (Lipinski definition) is 2. The highest BCUT2D eigenvalue weighted by Gasteiger charge is 2.06. The van der Waals surface area contributed by atoms with Gasteiger partial charge in [0.15, 0.2) is 5.78 Å². The maximum Gasteiger partial charge on any atom is 0.181 e. The second-order valence-corrected chi connectivity index (χ2v) is 4.65. The molecule has 0 saturated heterocycles. The summed E-state index contributed by atoms with van der Waals surface area (Å²) in [4.78, 5) is 12.1. The molecule has 2 aromatic rings. The van der Waals surface area contributed by atoms with Crippen LogP contribution in [0.2, 0.25) is 0 Å². The lowest BCUT2D eigenvalue weighted by molar-refractivity contribution is 0.101. The zero-order valence-electron chi connectivity index (χ0n) is 11.4. The van der Waals surface area contributed by atoms with Gasteiger partial charge in [-0.25, -0.2) is 0 Å². The highest BCUT2D eigenvalue weighted by molar-refractivity contribution is 5.99. The normalized spacial score (nSPS) is 10.2. The molecule has 0 heterocycles. The molecule has 0 bridgehead atoms. The fourth-order valence-electron chi connectivity index (χ4n) is 2.02. The second-order valence-electron chi connectivity index (χ2n) is 4.65. The summed E-state index contributed by atoms with van der Waals surface area (Å²) in [5, 5.41) is 3.23. The first-order valence-corrected chi connectivity index (χ1v) is 6.62. The summed E-state index contributed by atoms with van der Waals surface area (Å²) in [6.07, 6.45) is 0.960. The smallest absolute Gasteiger partial charge is 0.181 e. The van der Waals surface area contributed by atoms with Gasteiger partial charge in [0.25, 0.3) is 0 Å². The largest absolute Gasteiger partial charge is 0.377 e. The third-order valence-electron chi connectivity index (χ3n) is 3.21. The molecule has 2 rings (SSSR count). The van der Waals surface area contributed by atoms with Crippen molar-refractivity contribution in [3.05, 3.63) is 65.2 Å². The van der Waals surface area contributed by atoms with E-state index in [1.807, 2.05) is 49.4 Å². The van der Waals surface area contributed by atoms with Crippen LogP contribution in [0.25, 0.3) is 0 Å². The van der Waals surface area contributed by atoms with Crippen molar-refractivity contribution in [1.29, 1.82) is 0 Å². The first-order valence-electron chi connectivity index (χ1n) is 6.62. The molecule has 0 fully saturated rings. The Bertz CT molecular complexity index is 558. The quantitative estimate of drug-likeness (QED) is 0.820. The Labute approximate surface area is 114 Å². The Balaban J connectivity index is 2.02. The number of para-hydroxylation sites is 1. The zero-order valence-corrected chi connectivity index (χ0v) is 11.4. The average Bonchev–Trinajstić information content (AvgIpc) is 2.45. The van der Waals surface area contributed by atoms with E-state index in [0.717, 1.165) is 17.7 Å². The van der Waals surface area contributed by atoms with Crippen molar-refractivity contribution in [2.45, 2.75) is 20.3 Å². The van der Waals surface area contributed by atoms with Gasteiger partial charge in [0, 0.05) is 11.3 Å². The highest BCUT2D eigenvalue weighted by Crippen LogP contribution is 2.15. The lowest BCUT2D eigenvalue weighted by Gasteiger charge is -2.10. The molecular weight excluding hydrogens is 234 g/mol. The van der Waals surface area contributed by atoms with Crippen LogP contribution in [0, 0.1) is 6.92 Å². The molecule has 19 heavy (non-hydrogen) atoms. The van der Waals surface area contributed by atoms with Crippen LogP contribution < -0.4 is 5.32 Å². The van der Waals surface area contributed by atoms with E-state index < -0.39 is 0 Å². The molecular formula is C17H19NO. The summed E-state index contributed by atoms with van der Waals surface area (Å²) in [5.41, 5.74) is 4.21. The van der Waals surface area contributed by atoms with E-state index in [4.69, 9.17) is 0 Å². The summed E-state index contributed by atoms with van der Waals surface area (Å²) < 4.78 is 0. The van der Waals surface area contributed by atoms with E-state index in [1.54, 1.807) is 0 Å². The number of benzene rings is 2. The maximum absolute atomic E-state index is 12.1. The molecule has 0 unspecified atom stereocenters. The van der Waals surface area contributed by atoms with Crippen LogP contribution >= 0.6 is 0 Å². The molecule has 2 heteroatoms. The SMILES string of the molecule is CCc1ccccc1NCC(=O)c1ccc(C)cc1. The highest BCUT2D eigenvalue weighted by atomic mass is 16.1. The van der Waals surface area contributed by atoms with E-state index in [9.17, 15) is 4.79 Å². The van der Waals surface area contributed by atoms with Gasteiger partial charge in [0.2, 0.25) is 0 Å². The van der Waals surface area contributed by atoms with Gasteiger partial charge in [-0.05, 0) is 25.0 Å². The zero-order chi connectivity index (χ0) is 13.7. The van der Waals surface area contributed by atoms with Gasteiger partial charge in [0.1, 0.15) is 0 Å². The van der Waals surface area contributed by atoms with Gasteiger partial charge < -0.3 is 5.32 Å². The minimum absolute atomic E-state index is 0.117. The first-order chi connectivity index (χ1) is 9.20. The maximum atomic E-state index is 12.1. The number of carbonyl (C=O) groups excluding carboxylic acids is 1. The molecule has 0 saturated carbocycles. The van der Waals surface area contributed by atoms with Crippen LogP contribution in [-0.4, -0.2) is 12.3 Å². The second kappa shape index (κ2) is 6.19. The Kier molecular flexibility index (Phi) is 4.35. The topological polar surface area (TPSA) is 29.1 Å². The van der Waals surface area contributed by atoms with Gasteiger partial charge in [-0.1, -0.05) is 55.0 Å². The van der Waals surface area contributed by atoms with Crippen LogP contribution in [0.3, 0.4) is 0 Å². The standard InChI is InChI=1S/C17H19NO/c1-3-14-6-4-5-7-16(14)18-12-17(19)15-10-8-13(2)9-11-15/h4-11,18H,3,12H2,1-2H3. The third-order valence-corrected chi connectivity index (χ3v) is 3.21. The van der Waals surface area contributed by atoms with E-state index in [0.29, 0.717) is 6.54 Å². The summed E-state index contributed by atoms with van der Waals surface area (Å²) in [6, 6.07) is 15.8. The van der Waals surface area contributed by atoms with E-state index in [1.165, 1.54) is 11.1 Å². The monoisotopic (exact) mass is 253 g/mol. The van der Waals surface area contributed by atoms with Gasteiger partial charge in [-0.3, -0.25) is 4.79 Å². The number of Topliss-reactive ketones (excluding diaryl/α,β-unsaturated/α-hetero) is 1. The average molecular weight is 253 g/mol. The molecule has 98 valence electrons. The molecule has 0 aliphatic rings. The van der Waals surface area contributed by atoms with Crippen molar-refractivity contribution in [3.8, 4) is 0 Å². The van der Waals surface area contributed by atoms with Gasteiger partial charge in [-0.15, -0.1) is 0 Å². The van der Waals surface area contributed by atoms with Crippen LogP contribution in [0.1, 0.15) is 28.4 Å². The predicted octanol–water partition coefficient (Wildman–Crippen LogP) is 3.85. The number of aryl methyl sites for hydroxylation is 2. The Morgan fingerprint density at radius 1 is 1.05 bits per heavy atom. The van der Waals surface area contributed by atoms with Gasteiger partial charge >= 0.3 is 0 Å². The number of anilines is 1. The summed E-state index contributed by atoms with van der Waals surface area (Å²) in [6.45, 7) is 4.46.